The van der Waals surface area contributed by atoms with Gasteiger partial charge in [0.05, 0.1) is 13.5 Å². The van der Waals surface area contributed by atoms with E-state index in [1.807, 2.05) is 19.1 Å². The fourth-order valence-electron chi connectivity index (χ4n) is 3.91. The molecule has 1 N–H and O–H groups in total. The van der Waals surface area contributed by atoms with Crippen LogP contribution in [0, 0.1) is 0 Å². The number of thiophene rings is 1. The highest BCUT2D eigenvalue weighted by molar-refractivity contribution is 7.19. The number of carbonyl (C=O) groups is 2. The van der Waals surface area contributed by atoms with Crippen LogP contribution in [-0.4, -0.2) is 24.0 Å². The molecule has 0 saturated heterocycles. The number of aromatic hydroxyl groups is 1. The molecule has 3 aromatic rings. The van der Waals surface area contributed by atoms with Crippen molar-refractivity contribution in [1.29, 1.82) is 0 Å². The Labute approximate surface area is 214 Å². The number of methoxy groups -OCH3 is 1. The normalized spacial score (nSPS) is 12.8. The van der Waals surface area contributed by atoms with Gasteiger partial charge < -0.3 is 14.3 Å². The van der Waals surface area contributed by atoms with Crippen molar-refractivity contribution in [3.8, 4) is 5.75 Å². The third-order valence-corrected chi connectivity index (χ3v) is 7.01. The van der Waals surface area contributed by atoms with Crippen molar-refractivity contribution in [3.05, 3.63) is 80.2 Å². The van der Waals surface area contributed by atoms with E-state index in [0.717, 1.165) is 27.8 Å². The molecule has 1 unspecified atom stereocenters. The first-order chi connectivity index (χ1) is 17.2. The first kappa shape index (κ1) is 27.1. The third kappa shape index (κ3) is 6.82. The van der Waals surface area contributed by atoms with Crippen LogP contribution in [-0.2, 0) is 16.0 Å². The first-order valence-electron chi connectivity index (χ1n) is 12.1. The maximum Gasteiger partial charge on any atom is 0.351 e. The molecule has 190 valence electrons. The number of hydrogen-bond donors (Lipinski definition) is 1. The van der Waals surface area contributed by atoms with Crippen LogP contribution in [0.1, 0.15) is 78.9 Å². The summed E-state index contributed by atoms with van der Waals surface area (Å²) in [6.07, 6.45) is 8.91. The van der Waals surface area contributed by atoms with Gasteiger partial charge in [-0.25, -0.2) is 4.79 Å². The number of rotatable bonds is 11. The molecule has 1 aromatic carbocycles. The number of hydrogen-bond acceptors (Lipinski definition) is 7. The van der Waals surface area contributed by atoms with Crippen LogP contribution in [0.4, 0.5) is 0 Å². The van der Waals surface area contributed by atoms with Crippen LogP contribution in [0.3, 0.4) is 0 Å². The van der Waals surface area contributed by atoms with Gasteiger partial charge in [-0.2, -0.15) is 0 Å². The SMILES string of the molecule is CCCc1ccc2cc(C=C(C)C(=O)c3c(O)cc(C(C)CCC=CCC(=O)OC)oc3=O)sc2c1. The molecule has 0 aliphatic heterocycles. The van der Waals surface area contributed by atoms with Crippen molar-refractivity contribution < 1.29 is 23.8 Å². The molecule has 0 aliphatic carbocycles. The van der Waals surface area contributed by atoms with Gasteiger partial charge in [-0.3, -0.25) is 9.59 Å². The predicted molar refractivity (Wildman–Crippen MR) is 144 cm³/mol. The van der Waals surface area contributed by atoms with Crippen molar-refractivity contribution in [2.24, 2.45) is 0 Å². The number of benzene rings is 1. The minimum absolute atomic E-state index is 0.164. The summed E-state index contributed by atoms with van der Waals surface area (Å²) in [6.45, 7) is 5.64. The Hall–Kier alpha value is -3.45. The highest BCUT2D eigenvalue weighted by atomic mass is 32.1. The van der Waals surface area contributed by atoms with Gasteiger partial charge in [0.1, 0.15) is 17.1 Å². The largest absolute Gasteiger partial charge is 0.507 e. The molecule has 36 heavy (non-hydrogen) atoms. The monoisotopic (exact) mass is 508 g/mol. The highest BCUT2D eigenvalue weighted by Gasteiger charge is 2.22. The number of ketones is 1. The lowest BCUT2D eigenvalue weighted by Crippen LogP contribution is -2.16. The molecule has 3 rings (SSSR count). The molecular formula is C29H32O6S. The van der Waals surface area contributed by atoms with E-state index in [1.165, 1.54) is 18.7 Å². The summed E-state index contributed by atoms with van der Waals surface area (Å²) in [5.74, 6) is -1.11. The van der Waals surface area contributed by atoms with Crippen LogP contribution in [0.25, 0.3) is 16.2 Å². The number of esters is 1. The number of fused-ring (bicyclic) bond motifs is 1. The van der Waals surface area contributed by atoms with Gasteiger partial charge in [0.25, 0.3) is 0 Å². The zero-order valence-corrected chi connectivity index (χ0v) is 21.9. The number of Topliss-reactive ketones (excluding diaryl/α,β-unsaturated/α-hetero) is 1. The minimum atomic E-state index is -0.851. The average Bonchev–Trinajstić information content (AvgIpc) is 3.24. The summed E-state index contributed by atoms with van der Waals surface area (Å²) in [5, 5.41) is 11.6. The van der Waals surface area contributed by atoms with Crippen LogP contribution >= 0.6 is 11.3 Å². The maximum absolute atomic E-state index is 13.0. The number of aryl methyl sites for hydroxylation is 1. The zero-order valence-electron chi connectivity index (χ0n) is 21.1. The summed E-state index contributed by atoms with van der Waals surface area (Å²) >= 11 is 1.58. The molecule has 0 bridgehead atoms. The van der Waals surface area contributed by atoms with Crippen LogP contribution < -0.4 is 5.63 Å². The van der Waals surface area contributed by atoms with Gasteiger partial charge in [0.2, 0.25) is 0 Å². The molecule has 6 nitrogen and oxygen atoms in total. The number of ether oxygens (including phenoxy) is 1. The molecule has 0 radical (unpaired) electrons. The predicted octanol–water partition coefficient (Wildman–Crippen LogP) is 6.80. The van der Waals surface area contributed by atoms with Crippen LogP contribution in [0.15, 0.2) is 57.3 Å². The third-order valence-electron chi connectivity index (χ3n) is 5.97. The highest BCUT2D eigenvalue weighted by Crippen LogP contribution is 2.30. The van der Waals surface area contributed by atoms with E-state index >= 15 is 0 Å². The Balaban J connectivity index is 1.73. The molecule has 0 aliphatic rings. The lowest BCUT2D eigenvalue weighted by molar-refractivity contribution is -0.139. The maximum atomic E-state index is 13.0. The minimum Gasteiger partial charge on any atom is -0.507 e. The second-order valence-electron chi connectivity index (χ2n) is 8.85. The fraction of sp³-hybridized carbons (Fsp3) is 0.345. The summed E-state index contributed by atoms with van der Waals surface area (Å²) in [5.41, 5.74) is 0.416. The van der Waals surface area contributed by atoms with Crippen molar-refractivity contribution in [3.63, 3.8) is 0 Å². The van der Waals surface area contributed by atoms with Crippen molar-refractivity contribution in [2.45, 2.75) is 58.8 Å². The summed E-state index contributed by atoms with van der Waals surface area (Å²) in [6, 6.07) is 9.74. The lowest BCUT2D eigenvalue weighted by Gasteiger charge is -2.11. The lowest BCUT2D eigenvalue weighted by atomic mass is 9.99. The van der Waals surface area contributed by atoms with Crippen molar-refractivity contribution >= 4 is 39.3 Å². The summed E-state index contributed by atoms with van der Waals surface area (Å²) < 4.78 is 11.1. The van der Waals surface area contributed by atoms with Gasteiger partial charge in [-0.1, -0.05) is 44.6 Å². The molecule has 1 atom stereocenters. The smallest absolute Gasteiger partial charge is 0.351 e. The van der Waals surface area contributed by atoms with Gasteiger partial charge in [-0.05, 0) is 60.9 Å². The molecule has 7 heteroatoms. The van der Waals surface area contributed by atoms with E-state index in [9.17, 15) is 19.5 Å². The van der Waals surface area contributed by atoms with Gasteiger partial charge >= 0.3 is 11.6 Å². The van der Waals surface area contributed by atoms with E-state index in [0.29, 0.717) is 24.2 Å². The Morgan fingerprint density at radius 2 is 1.97 bits per heavy atom. The van der Waals surface area contributed by atoms with Crippen molar-refractivity contribution in [1.82, 2.24) is 0 Å². The molecule has 0 spiro atoms. The van der Waals surface area contributed by atoms with Gasteiger partial charge in [0, 0.05) is 21.6 Å². The van der Waals surface area contributed by atoms with E-state index in [2.05, 4.69) is 29.9 Å². The molecule has 0 amide bonds. The Morgan fingerprint density at radius 3 is 2.67 bits per heavy atom. The topological polar surface area (TPSA) is 93.8 Å². The average molecular weight is 509 g/mol. The quantitative estimate of drug-likeness (QED) is 0.132. The Morgan fingerprint density at radius 1 is 1.19 bits per heavy atom. The van der Waals surface area contributed by atoms with Crippen LogP contribution in [0.2, 0.25) is 0 Å². The molecular weight excluding hydrogens is 476 g/mol. The number of allylic oxidation sites excluding steroid dienone is 2. The van der Waals surface area contributed by atoms with Crippen molar-refractivity contribution in [2.75, 3.05) is 7.11 Å². The Bertz CT molecular complexity index is 1360. The van der Waals surface area contributed by atoms with E-state index in [4.69, 9.17) is 4.42 Å². The van der Waals surface area contributed by atoms with E-state index in [1.54, 1.807) is 30.4 Å². The molecule has 2 aromatic heterocycles. The number of carbonyl (C=O) groups excluding carboxylic acids is 2. The second kappa shape index (κ2) is 12.5. The molecule has 0 saturated carbocycles. The molecule has 0 fully saturated rings. The molecule has 2 heterocycles. The summed E-state index contributed by atoms with van der Waals surface area (Å²) in [7, 11) is 1.34. The van der Waals surface area contributed by atoms with Gasteiger partial charge in [0.15, 0.2) is 5.78 Å². The van der Waals surface area contributed by atoms with Gasteiger partial charge in [-0.15, -0.1) is 11.3 Å². The Kier molecular flexibility index (Phi) is 9.42. The standard InChI is InChI=1S/C29H32O6S/c1-5-9-20-12-13-21-16-22(36-25(21)15-20)14-19(3)28(32)27-23(30)17-24(35-29(27)33)18(2)10-7-6-8-11-26(31)34-4/h6,8,12-18,30H,5,7,9-11H2,1-4H3. The fourth-order valence-corrected chi connectivity index (χ4v) is 5.04. The second-order valence-corrected chi connectivity index (χ2v) is 9.97. The van der Waals surface area contributed by atoms with E-state index < -0.39 is 11.4 Å². The zero-order chi connectivity index (χ0) is 26.2. The summed E-state index contributed by atoms with van der Waals surface area (Å²) in [4.78, 5) is 37.7. The first-order valence-corrected chi connectivity index (χ1v) is 12.9. The van der Waals surface area contributed by atoms with Crippen LogP contribution in [0.5, 0.6) is 5.75 Å². The van der Waals surface area contributed by atoms with E-state index in [-0.39, 0.29) is 29.6 Å².